The van der Waals surface area contributed by atoms with Crippen LogP contribution in [0.25, 0.3) is 89.3 Å². The largest absolute Gasteiger partial charge is 0.456 e. The van der Waals surface area contributed by atoms with Gasteiger partial charge in [-0.2, -0.15) is 0 Å². The number of nitrogens with zero attached hydrogens (tertiary/aromatic N) is 5. The number of hydrogen-bond donors (Lipinski definition) is 0. The van der Waals surface area contributed by atoms with Crippen molar-refractivity contribution in [3.05, 3.63) is 140 Å². The van der Waals surface area contributed by atoms with Crippen LogP contribution in [-0.4, -0.2) is 24.9 Å². The molecule has 3 heterocycles. The molecule has 9 rings (SSSR count). The van der Waals surface area contributed by atoms with Gasteiger partial charge in [-0.1, -0.05) is 109 Å². The van der Waals surface area contributed by atoms with E-state index in [1.165, 1.54) is 0 Å². The first kappa shape index (κ1) is 25.2. The van der Waals surface area contributed by atoms with Crippen molar-refractivity contribution in [3.8, 4) is 45.3 Å². The van der Waals surface area contributed by atoms with Gasteiger partial charge >= 0.3 is 0 Å². The second kappa shape index (κ2) is 10.2. The molecule has 0 N–H and O–H groups in total. The summed E-state index contributed by atoms with van der Waals surface area (Å²) in [5.74, 6) is 1.73. The fourth-order valence-electron chi connectivity index (χ4n) is 5.88. The van der Waals surface area contributed by atoms with Gasteiger partial charge in [0, 0.05) is 33.5 Å². The zero-order valence-corrected chi connectivity index (χ0v) is 23.9. The molecule has 6 aromatic carbocycles. The number of rotatable bonds is 4. The maximum absolute atomic E-state index is 6.11. The second-order valence-corrected chi connectivity index (χ2v) is 10.9. The Hall–Kier alpha value is -6.27. The molecule has 3 aromatic heterocycles. The summed E-state index contributed by atoms with van der Waals surface area (Å²) in [4.78, 5) is 25.0. The lowest BCUT2D eigenvalue weighted by Gasteiger charge is -2.11. The van der Waals surface area contributed by atoms with Crippen molar-refractivity contribution in [2.45, 2.75) is 0 Å². The molecular formula is C39H23N5O. The first-order valence-electron chi connectivity index (χ1n) is 14.8. The Balaban J connectivity index is 1.23. The summed E-state index contributed by atoms with van der Waals surface area (Å²) in [7, 11) is 0. The van der Waals surface area contributed by atoms with Gasteiger partial charge in [0.15, 0.2) is 17.5 Å². The highest BCUT2D eigenvalue weighted by Gasteiger charge is 2.17. The SMILES string of the molecule is c1ccc(-c2ccc(-c3nc(-c4ccccc4)nc(-c4cccc5nc6cc7oc8ccccc8c7cc6nc45)n3)cc2)cc1. The van der Waals surface area contributed by atoms with Gasteiger partial charge in [0.05, 0.1) is 16.6 Å². The monoisotopic (exact) mass is 577 g/mol. The maximum atomic E-state index is 6.11. The molecule has 0 unspecified atom stereocenters. The summed E-state index contributed by atoms with van der Waals surface area (Å²) in [5, 5.41) is 2.06. The molecule has 0 saturated heterocycles. The van der Waals surface area contributed by atoms with Crippen molar-refractivity contribution in [1.29, 1.82) is 0 Å². The standard InChI is InChI=1S/C39H23N5O/c1-3-10-24(11-4-1)25-18-20-27(21-19-25)38-42-37(26-12-5-2-6-13-26)43-39(44-38)29-15-9-16-31-36(29)41-32-22-30-28-14-7-8-17-34(28)45-35(30)23-33(32)40-31/h1-23H. The van der Waals surface area contributed by atoms with Gasteiger partial charge < -0.3 is 4.42 Å². The van der Waals surface area contributed by atoms with E-state index >= 15 is 0 Å². The average Bonchev–Trinajstić information content (AvgIpc) is 3.47. The third-order valence-electron chi connectivity index (χ3n) is 8.12. The van der Waals surface area contributed by atoms with Crippen LogP contribution in [0, 0.1) is 0 Å². The highest BCUT2D eigenvalue weighted by molar-refractivity contribution is 6.09. The minimum absolute atomic E-state index is 0.542. The number of aromatic nitrogens is 5. The molecule has 6 nitrogen and oxygen atoms in total. The van der Waals surface area contributed by atoms with Crippen LogP contribution >= 0.6 is 0 Å². The molecule has 0 atom stereocenters. The zero-order chi connectivity index (χ0) is 29.7. The summed E-state index contributed by atoms with van der Waals surface area (Å²) in [6, 6.07) is 46.7. The van der Waals surface area contributed by atoms with Gasteiger partial charge in [-0.3, -0.25) is 0 Å². The number of benzene rings is 6. The van der Waals surface area contributed by atoms with Gasteiger partial charge in [-0.15, -0.1) is 0 Å². The Kier molecular flexibility index (Phi) is 5.71. The maximum Gasteiger partial charge on any atom is 0.166 e. The Morgan fingerprint density at radius 1 is 0.356 bits per heavy atom. The summed E-state index contributed by atoms with van der Waals surface area (Å²) in [6.45, 7) is 0. The number of hydrogen-bond acceptors (Lipinski definition) is 6. The molecule has 0 radical (unpaired) electrons. The zero-order valence-electron chi connectivity index (χ0n) is 23.9. The smallest absolute Gasteiger partial charge is 0.166 e. The molecule has 45 heavy (non-hydrogen) atoms. The molecule has 9 aromatic rings. The van der Waals surface area contributed by atoms with E-state index in [0.29, 0.717) is 17.5 Å². The Bertz CT molecular complexity index is 2530. The van der Waals surface area contributed by atoms with Crippen LogP contribution in [-0.2, 0) is 0 Å². The van der Waals surface area contributed by atoms with E-state index in [0.717, 1.165) is 71.8 Å². The number of furan rings is 1. The topological polar surface area (TPSA) is 77.6 Å². The molecule has 0 fully saturated rings. The normalized spacial score (nSPS) is 11.6. The number of para-hydroxylation sites is 2. The summed E-state index contributed by atoms with van der Waals surface area (Å²) >= 11 is 0. The van der Waals surface area contributed by atoms with E-state index in [9.17, 15) is 0 Å². The van der Waals surface area contributed by atoms with Crippen LogP contribution in [0.15, 0.2) is 144 Å². The summed E-state index contributed by atoms with van der Waals surface area (Å²) in [6.07, 6.45) is 0. The van der Waals surface area contributed by atoms with E-state index in [-0.39, 0.29) is 0 Å². The van der Waals surface area contributed by atoms with E-state index < -0.39 is 0 Å². The van der Waals surface area contributed by atoms with Crippen molar-refractivity contribution in [2.24, 2.45) is 0 Å². The molecule has 0 spiro atoms. The minimum atomic E-state index is 0.542. The van der Waals surface area contributed by atoms with Crippen LogP contribution in [0.1, 0.15) is 0 Å². The van der Waals surface area contributed by atoms with Gasteiger partial charge in [-0.25, -0.2) is 24.9 Å². The molecule has 0 amide bonds. The molecule has 210 valence electrons. The predicted molar refractivity (Wildman–Crippen MR) is 179 cm³/mol. The van der Waals surface area contributed by atoms with Crippen LogP contribution in [0.3, 0.4) is 0 Å². The second-order valence-electron chi connectivity index (χ2n) is 10.9. The molecule has 6 heteroatoms. The first-order chi connectivity index (χ1) is 22.3. The van der Waals surface area contributed by atoms with Crippen LogP contribution in [0.5, 0.6) is 0 Å². The van der Waals surface area contributed by atoms with Gasteiger partial charge in [-0.05, 0) is 35.4 Å². The van der Waals surface area contributed by atoms with Crippen LogP contribution in [0.4, 0.5) is 0 Å². The quantitative estimate of drug-likeness (QED) is 0.194. The van der Waals surface area contributed by atoms with Gasteiger partial charge in [0.2, 0.25) is 0 Å². The fourth-order valence-corrected chi connectivity index (χ4v) is 5.88. The van der Waals surface area contributed by atoms with Crippen molar-refractivity contribution in [3.63, 3.8) is 0 Å². The van der Waals surface area contributed by atoms with Gasteiger partial charge in [0.1, 0.15) is 16.7 Å². The molecule has 0 aliphatic carbocycles. The molecule has 0 aliphatic heterocycles. The van der Waals surface area contributed by atoms with E-state index in [1.54, 1.807) is 0 Å². The molecule has 0 bridgehead atoms. The number of fused-ring (bicyclic) bond motifs is 5. The molecule has 0 aliphatic rings. The lowest BCUT2D eigenvalue weighted by Crippen LogP contribution is -2.01. The van der Waals surface area contributed by atoms with Gasteiger partial charge in [0.25, 0.3) is 0 Å². The van der Waals surface area contributed by atoms with Crippen molar-refractivity contribution >= 4 is 44.0 Å². The van der Waals surface area contributed by atoms with E-state index in [2.05, 4.69) is 48.5 Å². The third-order valence-corrected chi connectivity index (χ3v) is 8.12. The van der Waals surface area contributed by atoms with Crippen molar-refractivity contribution in [1.82, 2.24) is 24.9 Å². The highest BCUT2D eigenvalue weighted by Crippen LogP contribution is 2.34. The first-order valence-corrected chi connectivity index (χ1v) is 14.8. The minimum Gasteiger partial charge on any atom is -0.456 e. The lowest BCUT2D eigenvalue weighted by molar-refractivity contribution is 0.669. The summed E-state index contributed by atoms with van der Waals surface area (Å²) in [5.41, 5.74) is 9.57. The predicted octanol–water partition coefficient (Wildman–Crippen LogP) is 9.54. The van der Waals surface area contributed by atoms with Crippen molar-refractivity contribution in [2.75, 3.05) is 0 Å². The van der Waals surface area contributed by atoms with Crippen LogP contribution < -0.4 is 0 Å². The molecule has 0 saturated carbocycles. The van der Waals surface area contributed by atoms with Crippen LogP contribution in [0.2, 0.25) is 0 Å². The average molecular weight is 578 g/mol. The van der Waals surface area contributed by atoms with Crippen molar-refractivity contribution < 1.29 is 4.42 Å². The van der Waals surface area contributed by atoms with E-state index in [4.69, 9.17) is 29.3 Å². The van der Waals surface area contributed by atoms with E-state index in [1.807, 2.05) is 91.0 Å². The molecular weight excluding hydrogens is 554 g/mol. The lowest BCUT2D eigenvalue weighted by atomic mass is 10.0. The summed E-state index contributed by atoms with van der Waals surface area (Å²) < 4.78 is 6.11. The Labute approximate surface area is 257 Å². The Morgan fingerprint density at radius 2 is 0.956 bits per heavy atom. The fraction of sp³-hybridized carbons (Fsp3) is 0. The Morgan fingerprint density at radius 3 is 1.73 bits per heavy atom. The third kappa shape index (κ3) is 4.39. The highest BCUT2D eigenvalue weighted by atomic mass is 16.3.